The third-order valence-electron chi connectivity index (χ3n) is 4.83. The molecule has 1 amide bonds. The number of rotatable bonds is 6. The molecule has 6 nitrogen and oxygen atoms in total. The van der Waals surface area contributed by atoms with Crippen LogP contribution in [0.1, 0.15) is 45.4 Å². The summed E-state index contributed by atoms with van der Waals surface area (Å²) in [4.78, 5) is 19.0. The van der Waals surface area contributed by atoms with E-state index in [-0.39, 0.29) is 41.4 Å². The van der Waals surface area contributed by atoms with Gasteiger partial charge in [0.15, 0.2) is 5.96 Å². The minimum Gasteiger partial charge on any atom is -0.376 e. The minimum atomic E-state index is -0.310. The highest BCUT2D eigenvalue weighted by Crippen LogP contribution is 2.39. The number of nitrogens with zero attached hydrogens (tertiary/aromatic N) is 2. The molecule has 2 fully saturated rings. The summed E-state index contributed by atoms with van der Waals surface area (Å²) in [6.07, 6.45) is 6.65. The number of hydrogen-bond donors (Lipinski definition) is 2. The number of halogens is 1. The normalized spacial score (nSPS) is 22.8. The first-order valence-corrected chi connectivity index (χ1v) is 8.93. The SMILES string of the molecule is CCNC(=NCC1(C(=O)N(C)C)CCCC1)NCC1CCCO1.I. The summed E-state index contributed by atoms with van der Waals surface area (Å²) in [6, 6.07) is 0. The molecule has 2 rings (SSSR count). The second-order valence-corrected chi connectivity index (χ2v) is 6.90. The molecule has 140 valence electrons. The van der Waals surface area contributed by atoms with Gasteiger partial charge in [0.2, 0.25) is 5.91 Å². The maximum absolute atomic E-state index is 12.6. The van der Waals surface area contributed by atoms with Crippen LogP contribution in [0.5, 0.6) is 0 Å². The van der Waals surface area contributed by atoms with Gasteiger partial charge in [-0.05, 0) is 32.6 Å². The van der Waals surface area contributed by atoms with Gasteiger partial charge < -0.3 is 20.3 Å². The largest absolute Gasteiger partial charge is 0.376 e. The fourth-order valence-corrected chi connectivity index (χ4v) is 3.55. The quantitative estimate of drug-likeness (QED) is 0.368. The van der Waals surface area contributed by atoms with E-state index in [9.17, 15) is 4.79 Å². The van der Waals surface area contributed by atoms with Gasteiger partial charge in [-0.15, -0.1) is 24.0 Å². The van der Waals surface area contributed by atoms with E-state index in [1.54, 1.807) is 4.90 Å². The van der Waals surface area contributed by atoms with E-state index in [1.807, 2.05) is 14.1 Å². The predicted molar refractivity (Wildman–Crippen MR) is 108 cm³/mol. The number of hydrogen-bond acceptors (Lipinski definition) is 3. The molecule has 0 aromatic heterocycles. The monoisotopic (exact) mass is 452 g/mol. The Bertz CT molecular complexity index is 417. The Labute approximate surface area is 163 Å². The van der Waals surface area contributed by atoms with E-state index in [0.29, 0.717) is 6.54 Å². The molecule has 2 N–H and O–H groups in total. The standard InChI is InChI=1S/C17H32N4O2.HI/c1-4-18-16(19-12-14-8-7-11-23-14)20-13-17(9-5-6-10-17)15(22)21(2)3;/h14H,4-13H2,1-3H3,(H2,18,19,20);1H. The average Bonchev–Trinajstić information content (AvgIpc) is 3.21. The molecular weight excluding hydrogens is 419 g/mol. The molecule has 2 aliphatic rings. The van der Waals surface area contributed by atoms with Crippen LogP contribution in [0, 0.1) is 5.41 Å². The summed E-state index contributed by atoms with van der Waals surface area (Å²) in [6.45, 7) is 5.07. The van der Waals surface area contributed by atoms with E-state index in [1.165, 1.54) is 0 Å². The molecule has 0 radical (unpaired) electrons. The Kier molecular flexibility index (Phi) is 9.33. The van der Waals surface area contributed by atoms with E-state index in [0.717, 1.165) is 64.2 Å². The van der Waals surface area contributed by atoms with Gasteiger partial charge in [-0.25, -0.2) is 0 Å². The first-order chi connectivity index (χ1) is 11.1. The van der Waals surface area contributed by atoms with Crippen molar-refractivity contribution in [2.45, 2.75) is 51.6 Å². The molecule has 1 aliphatic heterocycles. The average molecular weight is 452 g/mol. The molecule has 1 unspecified atom stereocenters. The topological polar surface area (TPSA) is 66.0 Å². The van der Waals surface area contributed by atoms with Gasteiger partial charge in [-0.3, -0.25) is 9.79 Å². The number of amides is 1. The van der Waals surface area contributed by atoms with Crippen molar-refractivity contribution < 1.29 is 9.53 Å². The molecule has 0 aromatic carbocycles. The van der Waals surface area contributed by atoms with Gasteiger partial charge in [-0.1, -0.05) is 12.8 Å². The van der Waals surface area contributed by atoms with Crippen LogP contribution >= 0.6 is 24.0 Å². The molecule has 0 bridgehead atoms. The summed E-state index contributed by atoms with van der Waals surface area (Å²) >= 11 is 0. The van der Waals surface area contributed by atoms with Crippen molar-refractivity contribution in [3.63, 3.8) is 0 Å². The summed E-state index contributed by atoms with van der Waals surface area (Å²) in [5, 5.41) is 6.64. The molecular formula is C17H33IN4O2. The van der Waals surface area contributed by atoms with Crippen molar-refractivity contribution in [1.82, 2.24) is 15.5 Å². The summed E-state index contributed by atoms with van der Waals surface area (Å²) in [5.41, 5.74) is -0.310. The van der Waals surface area contributed by atoms with Gasteiger partial charge in [0.1, 0.15) is 0 Å². The number of nitrogens with one attached hydrogen (secondary N) is 2. The molecule has 1 aliphatic carbocycles. The first-order valence-electron chi connectivity index (χ1n) is 8.93. The zero-order valence-corrected chi connectivity index (χ0v) is 17.6. The second kappa shape index (κ2) is 10.4. The Morgan fingerprint density at radius 1 is 1.25 bits per heavy atom. The van der Waals surface area contributed by atoms with Crippen molar-refractivity contribution in [1.29, 1.82) is 0 Å². The summed E-state index contributed by atoms with van der Waals surface area (Å²) < 4.78 is 5.64. The second-order valence-electron chi connectivity index (χ2n) is 6.90. The zero-order chi connectivity index (χ0) is 16.7. The lowest BCUT2D eigenvalue weighted by Gasteiger charge is -2.29. The molecule has 0 spiro atoms. The Morgan fingerprint density at radius 2 is 1.96 bits per heavy atom. The maximum Gasteiger partial charge on any atom is 0.230 e. The maximum atomic E-state index is 12.6. The third-order valence-corrected chi connectivity index (χ3v) is 4.83. The molecule has 7 heteroatoms. The lowest BCUT2D eigenvalue weighted by atomic mass is 9.85. The molecule has 1 atom stereocenters. The van der Waals surface area contributed by atoms with E-state index in [4.69, 9.17) is 9.73 Å². The molecule has 1 saturated carbocycles. The number of ether oxygens (including phenoxy) is 1. The van der Waals surface area contributed by atoms with Crippen LogP contribution in [0.4, 0.5) is 0 Å². The lowest BCUT2D eigenvalue weighted by molar-refractivity contribution is -0.138. The Hall–Kier alpha value is -0.570. The number of guanidine groups is 1. The molecule has 0 aromatic rings. The number of carbonyl (C=O) groups is 1. The van der Waals surface area contributed by atoms with Crippen LogP contribution in [-0.2, 0) is 9.53 Å². The minimum absolute atomic E-state index is 0. The fraction of sp³-hybridized carbons (Fsp3) is 0.882. The molecule has 1 saturated heterocycles. The third kappa shape index (κ3) is 5.75. The number of aliphatic imine (C=N–C) groups is 1. The Balaban J connectivity index is 0.00000288. The Morgan fingerprint density at radius 3 is 2.50 bits per heavy atom. The van der Waals surface area contributed by atoms with Crippen molar-refractivity contribution in [3.8, 4) is 0 Å². The van der Waals surface area contributed by atoms with Crippen LogP contribution in [0.3, 0.4) is 0 Å². The smallest absolute Gasteiger partial charge is 0.230 e. The fourth-order valence-electron chi connectivity index (χ4n) is 3.55. The van der Waals surface area contributed by atoms with Crippen molar-refractivity contribution >= 4 is 35.8 Å². The van der Waals surface area contributed by atoms with Gasteiger partial charge in [0.25, 0.3) is 0 Å². The van der Waals surface area contributed by atoms with Crippen LogP contribution in [0.25, 0.3) is 0 Å². The summed E-state index contributed by atoms with van der Waals surface area (Å²) in [5.74, 6) is 1.01. The van der Waals surface area contributed by atoms with Crippen LogP contribution < -0.4 is 10.6 Å². The highest BCUT2D eigenvalue weighted by Gasteiger charge is 2.42. The van der Waals surface area contributed by atoms with E-state index in [2.05, 4.69) is 17.6 Å². The van der Waals surface area contributed by atoms with Gasteiger partial charge in [0.05, 0.1) is 18.1 Å². The number of carbonyl (C=O) groups excluding carboxylic acids is 1. The highest BCUT2D eigenvalue weighted by atomic mass is 127. The lowest BCUT2D eigenvalue weighted by Crippen LogP contribution is -2.44. The predicted octanol–water partition coefficient (Wildman–Crippen LogP) is 1.99. The van der Waals surface area contributed by atoms with Gasteiger partial charge in [0, 0.05) is 33.8 Å². The van der Waals surface area contributed by atoms with Crippen LogP contribution in [-0.4, -0.2) is 63.2 Å². The van der Waals surface area contributed by atoms with Crippen molar-refractivity contribution in [3.05, 3.63) is 0 Å². The van der Waals surface area contributed by atoms with Crippen molar-refractivity contribution in [2.24, 2.45) is 10.4 Å². The zero-order valence-electron chi connectivity index (χ0n) is 15.3. The van der Waals surface area contributed by atoms with E-state index < -0.39 is 0 Å². The van der Waals surface area contributed by atoms with Crippen LogP contribution in [0.15, 0.2) is 4.99 Å². The first kappa shape index (κ1) is 21.5. The van der Waals surface area contributed by atoms with Gasteiger partial charge >= 0.3 is 0 Å². The van der Waals surface area contributed by atoms with Crippen LogP contribution in [0.2, 0.25) is 0 Å². The summed E-state index contributed by atoms with van der Waals surface area (Å²) in [7, 11) is 3.68. The molecule has 24 heavy (non-hydrogen) atoms. The highest BCUT2D eigenvalue weighted by molar-refractivity contribution is 14.0. The molecule has 1 heterocycles. The van der Waals surface area contributed by atoms with Crippen molar-refractivity contribution in [2.75, 3.05) is 40.3 Å². The van der Waals surface area contributed by atoms with E-state index >= 15 is 0 Å². The van der Waals surface area contributed by atoms with Gasteiger partial charge in [-0.2, -0.15) is 0 Å².